The third-order valence-corrected chi connectivity index (χ3v) is 2.87. The predicted molar refractivity (Wildman–Crippen MR) is 79.2 cm³/mol. The highest BCUT2D eigenvalue weighted by atomic mass is 16.5. The summed E-state index contributed by atoms with van der Waals surface area (Å²) >= 11 is 0. The minimum Gasteiger partial charge on any atom is -0.493 e. The maximum Gasteiger partial charge on any atom is 0.305 e. The van der Waals surface area contributed by atoms with Crippen molar-refractivity contribution in [1.29, 1.82) is 0 Å². The molecule has 0 bridgehead atoms. The Kier molecular flexibility index (Phi) is 6.65. The molecule has 0 aliphatic rings. The highest BCUT2D eigenvalue weighted by Gasteiger charge is 2.29. The van der Waals surface area contributed by atoms with Gasteiger partial charge in [-0.2, -0.15) is 0 Å². The summed E-state index contributed by atoms with van der Waals surface area (Å²) in [6.07, 6.45) is -0.249. The summed E-state index contributed by atoms with van der Waals surface area (Å²) in [7, 11) is 2.95. The van der Waals surface area contributed by atoms with Gasteiger partial charge in [-0.05, 0) is 19.1 Å². The Morgan fingerprint density at radius 1 is 1.23 bits per heavy atom. The first-order chi connectivity index (χ1) is 10.4. The van der Waals surface area contributed by atoms with Gasteiger partial charge in [0, 0.05) is 7.11 Å². The highest BCUT2D eigenvalue weighted by Crippen LogP contribution is 2.25. The van der Waals surface area contributed by atoms with Crippen molar-refractivity contribution >= 4 is 11.9 Å². The van der Waals surface area contributed by atoms with Crippen LogP contribution in [0.25, 0.3) is 0 Å². The fourth-order valence-electron chi connectivity index (χ4n) is 2.04. The van der Waals surface area contributed by atoms with Gasteiger partial charge in [0.05, 0.1) is 25.7 Å². The normalized spacial score (nSPS) is 13.0. The van der Waals surface area contributed by atoms with Crippen molar-refractivity contribution in [2.45, 2.75) is 18.9 Å². The summed E-state index contributed by atoms with van der Waals surface area (Å²) < 4.78 is 15.5. The lowest BCUT2D eigenvalue weighted by Crippen LogP contribution is -2.52. The van der Waals surface area contributed by atoms with E-state index in [1.54, 1.807) is 31.2 Å². The molecule has 1 amide bonds. The number of hydrogen-bond donors (Lipinski definition) is 2. The lowest BCUT2D eigenvalue weighted by molar-refractivity contribution is -0.139. The molecule has 0 aliphatic heterocycles. The number of carbonyl (C=O) groups excluding carboxylic acids is 1. The average molecular weight is 311 g/mol. The molecule has 1 unspecified atom stereocenters. The summed E-state index contributed by atoms with van der Waals surface area (Å²) in [6.45, 7) is 1.44. The lowest BCUT2D eigenvalue weighted by atomic mass is 9.99. The van der Waals surface area contributed by atoms with Crippen molar-refractivity contribution in [3.05, 3.63) is 24.3 Å². The van der Waals surface area contributed by atoms with E-state index < -0.39 is 17.4 Å². The number of nitrogens with one attached hydrogen (secondary N) is 1. The Morgan fingerprint density at radius 3 is 2.41 bits per heavy atom. The number of benzene rings is 1. The largest absolute Gasteiger partial charge is 0.493 e. The van der Waals surface area contributed by atoms with E-state index in [-0.39, 0.29) is 19.6 Å². The van der Waals surface area contributed by atoms with Gasteiger partial charge in [0.15, 0.2) is 18.1 Å². The molecular formula is C15H21NO6. The molecule has 1 atom stereocenters. The van der Waals surface area contributed by atoms with Crippen LogP contribution in [0, 0.1) is 0 Å². The molecule has 0 radical (unpaired) electrons. The molecule has 1 aromatic carbocycles. The average Bonchev–Trinajstić information content (AvgIpc) is 2.44. The predicted octanol–water partition coefficient (Wildman–Crippen LogP) is 1.07. The molecule has 0 fully saturated rings. The summed E-state index contributed by atoms with van der Waals surface area (Å²) in [4.78, 5) is 22.8. The van der Waals surface area contributed by atoms with Crippen molar-refractivity contribution in [3.63, 3.8) is 0 Å². The second-order valence-corrected chi connectivity index (χ2v) is 5.05. The number of rotatable bonds is 9. The van der Waals surface area contributed by atoms with Gasteiger partial charge < -0.3 is 24.6 Å². The van der Waals surface area contributed by atoms with Crippen LogP contribution in [0.3, 0.4) is 0 Å². The zero-order chi connectivity index (χ0) is 16.6. The minimum absolute atomic E-state index is 0.0830. The van der Waals surface area contributed by atoms with E-state index in [4.69, 9.17) is 19.3 Å². The maximum absolute atomic E-state index is 12.0. The first-order valence-electron chi connectivity index (χ1n) is 6.68. The molecule has 0 saturated carbocycles. The molecule has 0 spiro atoms. The Balaban J connectivity index is 2.62. The monoisotopic (exact) mass is 311 g/mol. The Hall–Kier alpha value is -2.28. The zero-order valence-corrected chi connectivity index (χ0v) is 12.9. The quantitative estimate of drug-likeness (QED) is 0.708. The first-order valence-corrected chi connectivity index (χ1v) is 6.68. The fourth-order valence-corrected chi connectivity index (χ4v) is 2.04. The number of methoxy groups -OCH3 is 2. The van der Waals surface area contributed by atoms with Crippen molar-refractivity contribution in [2.24, 2.45) is 0 Å². The smallest absolute Gasteiger partial charge is 0.305 e. The van der Waals surface area contributed by atoms with E-state index in [1.165, 1.54) is 14.2 Å². The van der Waals surface area contributed by atoms with Crippen molar-refractivity contribution in [1.82, 2.24) is 5.32 Å². The SMILES string of the molecule is COCC(C)(CC(=O)O)NC(=O)COc1ccccc1OC. The van der Waals surface area contributed by atoms with Crippen LogP contribution >= 0.6 is 0 Å². The van der Waals surface area contributed by atoms with Gasteiger partial charge in [0.1, 0.15) is 0 Å². The summed E-state index contributed by atoms with van der Waals surface area (Å²) in [5.74, 6) is -0.510. The Morgan fingerprint density at radius 2 is 1.86 bits per heavy atom. The first kappa shape index (κ1) is 17.8. The van der Waals surface area contributed by atoms with Crippen LogP contribution in [0.5, 0.6) is 11.5 Å². The molecule has 0 aliphatic carbocycles. The van der Waals surface area contributed by atoms with Crippen molar-refractivity contribution in [3.8, 4) is 11.5 Å². The molecular weight excluding hydrogens is 290 g/mol. The second-order valence-electron chi connectivity index (χ2n) is 5.05. The number of carbonyl (C=O) groups is 2. The van der Waals surface area contributed by atoms with E-state index in [9.17, 15) is 9.59 Å². The van der Waals surface area contributed by atoms with Crippen LogP contribution in [-0.4, -0.2) is 50.0 Å². The molecule has 7 heteroatoms. The topological polar surface area (TPSA) is 94.1 Å². The van der Waals surface area contributed by atoms with Crippen LogP contribution in [0.1, 0.15) is 13.3 Å². The third-order valence-electron chi connectivity index (χ3n) is 2.87. The number of hydrogen-bond acceptors (Lipinski definition) is 5. The summed E-state index contributed by atoms with van der Waals surface area (Å²) in [5, 5.41) is 11.5. The van der Waals surface area contributed by atoms with Gasteiger partial charge in [-0.3, -0.25) is 9.59 Å². The minimum atomic E-state index is -1.02. The lowest BCUT2D eigenvalue weighted by Gasteiger charge is -2.28. The van der Waals surface area contributed by atoms with Crippen LogP contribution in [0.2, 0.25) is 0 Å². The van der Waals surface area contributed by atoms with Crippen molar-refractivity contribution < 1.29 is 28.9 Å². The van der Waals surface area contributed by atoms with Gasteiger partial charge in [0.25, 0.3) is 5.91 Å². The Bertz CT molecular complexity index is 519. The van der Waals surface area contributed by atoms with Gasteiger partial charge in [-0.1, -0.05) is 12.1 Å². The number of amides is 1. The summed E-state index contributed by atoms with van der Waals surface area (Å²) in [6, 6.07) is 6.94. The van der Waals surface area contributed by atoms with Crippen LogP contribution in [0.15, 0.2) is 24.3 Å². The molecule has 122 valence electrons. The van der Waals surface area contributed by atoms with Gasteiger partial charge in [-0.25, -0.2) is 0 Å². The second kappa shape index (κ2) is 8.23. The van der Waals surface area contributed by atoms with Crippen molar-refractivity contribution in [2.75, 3.05) is 27.4 Å². The molecule has 1 aromatic rings. The van der Waals surface area contributed by atoms with E-state index in [2.05, 4.69) is 5.32 Å². The molecule has 1 rings (SSSR count). The maximum atomic E-state index is 12.0. The molecule has 22 heavy (non-hydrogen) atoms. The fraction of sp³-hybridized carbons (Fsp3) is 0.467. The standard InChI is InChI=1S/C15H21NO6/c1-15(10-20-2,8-14(18)19)16-13(17)9-22-12-7-5-4-6-11(12)21-3/h4-7H,8-10H2,1-3H3,(H,16,17)(H,18,19). The number of aliphatic carboxylic acids is 1. The van der Waals surface area contributed by atoms with Gasteiger partial charge in [0.2, 0.25) is 0 Å². The number of ether oxygens (including phenoxy) is 3. The van der Waals surface area contributed by atoms with Crippen LogP contribution < -0.4 is 14.8 Å². The molecule has 0 saturated heterocycles. The third kappa shape index (κ3) is 5.61. The van der Waals surface area contributed by atoms with E-state index in [1.807, 2.05) is 0 Å². The molecule has 7 nitrogen and oxygen atoms in total. The number of carboxylic acid groups (broad SMARTS) is 1. The van der Waals surface area contributed by atoms with E-state index in [0.717, 1.165) is 0 Å². The molecule has 2 N–H and O–H groups in total. The van der Waals surface area contributed by atoms with E-state index >= 15 is 0 Å². The van der Waals surface area contributed by atoms with E-state index in [0.29, 0.717) is 11.5 Å². The molecule has 0 heterocycles. The van der Waals surface area contributed by atoms with Crippen LogP contribution in [0.4, 0.5) is 0 Å². The highest BCUT2D eigenvalue weighted by molar-refractivity contribution is 5.79. The Labute approximate surface area is 129 Å². The zero-order valence-electron chi connectivity index (χ0n) is 12.9. The van der Waals surface area contributed by atoms with Gasteiger partial charge >= 0.3 is 5.97 Å². The number of para-hydroxylation sites is 2. The summed E-state index contributed by atoms with van der Waals surface area (Å²) in [5.41, 5.74) is -0.998. The van der Waals surface area contributed by atoms with Gasteiger partial charge in [-0.15, -0.1) is 0 Å². The molecule has 0 aromatic heterocycles. The number of carboxylic acids is 1. The van der Waals surface area contributed by atoms with Crippen LogP contribution in [-0.2, 0) is 14.3 Å².